The van der Waals surface area contributed by atoms with Crippen molar-refractivity contribution in [3.63, 3.8) is 0 Å². The zero-order chi connectivity index (χ0) is 11.6. The smallest absolute Gasteiger partial charge is 0.0480 e. The van der Waals surface area contributed by atoms with Crippen molar-refractivity contribution in [2.75, 3.05) is 26.8 Å². The molecule has 0 spiro atoms. The van der Waals surface area contributed by atoms with Crippen LogP contribution in [0.25, 0.3) is 0 Å². The highest BCUT2D eigenvalue weighted by Gasteiger charge is 2.38. The first-order valence-corrected chi connectivity index (χ1v) is 6.66. The number of likely N-dealkylation sites (N-methyl/N-ethyl adjacent to an activating group) is 1. The van der Waals surface area contributed by atoms with E-state index in [2.05, 4.69) is 18.9 Å². The molecule has 1 aliphatic carbocycles. The van der Waals surface area contributed by atoms with Gasteiger partial charge in [-0.25, -0.2) is 0 Å². The van der Waals surface area contributed by atoms with E-state index in [0.29, 0.717) is 6.04 Å². The highest BCUT2D eigenvalue weighted by Crippen LogP contribution is 2.39. The summed E-state index contributed by atoms with van der Waals surface area (Å²) in [6.07, 6.45) is 6.43. The topological polar surface area (TPSA) is 38.5 Å². The summed E-state index contributed by atoms with van der Waals surface area (Å²) in [5, 5.41) is 0. The van der Waals surface area contributed by atoms with E-state index in [-0.39, 0.29) is 5.54 Å². The summed E-state index contributed by atoms with van der Waals surface area (Å²) in [6, 6.07) is 0.668. The number of hydrogen-bond acceptors (Lipinski definition) is 3. The summed E-state index contributed by atoms with van der Waals surface area (Å²) in [6.45, 7) is 4.94. The minimum Gasteiger partial charge on any atom is -0.381 e. The van der Waals surface area contributed by atoms with E-state index in [0.717, 1.165) is 38.5 Å². The maximum Gasteiger partial charge on any atom is 0.0480 e. The van der Waals surface area contributed by atoms with Crippen molar-refractivity contribution in [3.05, 3.63) is 0 Å². The van der Waals surface area contributed by atoms with Crippen LogP contribution in [0, 0.1) is 5.92 Å². The van der Waals surface area contributed by atoms with Gasteiger partial charge >= 0.3 is 0 Å². The summed E-state index contributed by atoms with van der Waals surface area (Å²) in [7, 11) is 2.26. The third-order valence-electron chi connectivity index (χ3n) is 4.46. The lowest BCUT2D eigenvalue weighted by molar-refractivity contribution is -0.000513. The summed E-state index contributed by atoms with van der Waals surface area (Å²) >= 11 is 0. The average molecular weight is 226 g/mol. The summed E-state index contributed by atoms with van der Waals surface area (Å²) in [5.74, 6) is 0.941. The first kappa shape index (κ1) is 12.3. The maximum atomic E-state index is 6.02. The molecule has 0 amide bonds. The van der Waals surface area contributed by atoms with Gasteiger partial charge in [0.2, 0.25) is 0 Å². The Bertz CT molecular complexity index is 224. The quantitative estimate of drug-likeness (QED) is 0.774. The molecule has 1 saturated carbocycles. The van der Waals surface area contributed by atoms with Gasteiger partial charge in [0.25, 0.3) is 0 Å². The fraction of sp³-hybridized carbons (Fsp3) is 1.00. The van der Waals surface area contributed by atoms with Crippen molar-refractivity contribution in [1.82, 2.24) is 4.90 Å². The third-order valence-corrected chi connectivity index (χ3v) is 4.46. The second-order valence-electron chi connectivity index (χ2n) is 5.80. The Morgan fingerprint density at radius 1 is 1.25 bits per heavy atom. The van der Waals surface area contributed by atoms with Gasteiger partial charge in [-0.2, -0.15) is 0 Å². The second-order valence-corrected chi connectivity index (χ2v) is 5.80. The van der Waals surface area contributed by atoms with Gasteiger partial charge in [0.15, 0.2) is 0 Å². The molecule has 0 radical (unpaired) electrons. The molecule has 1 saturated heterocycles. The van der Waals surface area contributed by atoms with Crippen LogP contribution in [0.3, 0.4) is 0 Å². The van der Waals surface area contributed by atoms with Crippen LogP contribution in [-0.2, 0) is 4.74 Å². The lowest BCUT2D eigenvalue weighted by atomic mass is 9.90. The first-order chi connectivity index (χ1) is 7.65. The van der Waals surface area contributed by atoms with Gasteiger partial charge in [-0.15, -0.1) is 0 Å². The molecular weight excluding hydrogens is 200 g/mol. The highest BCUT2D eigenvalue weighted by atomic mass is 16.5. The van der Waals surface area contributed by atoms with Crippen LogP contribution in [0.15, 0.2) is 0 Å². The average Bonchev–Trinajstić information content (AvgIpc) is 3.13. The molecule has 0 aromatic rings. The van der Waals surface area contributed by atoms with Gasteiger partial charge in [-0.3, -0.25) is 4.90 Å². The number of nitrogens with two attached hydrogens (primary N) is 1. The fourth-order valence-electron chi connectivity index (χ4n) is 2.83. The number of nitrogens with zero attached hydrogens (tertiary/aromatic N) is 1. The van der Waals surface area contributed by atoms with E-state index < -0.39 is 0 Å². The second kappa shape index (κ2) is 5.03. The molecule has 2 fully saturated rings. The molecule has 2 aliphatic rings. The van der Waals surface area contributed by atoms with E-state index in [4.69, 9.17) is 10.5 Å². The monoisotopic (exact) mass is 226 g/mol. The SMILES string of the molecule is CN(C1CCOCC1)C(C)(CN)CC1CC1. The van der Waals surface area contributed by atoms with Gasteiger partial charge in [0, 0.05) is 31.3 Å². The molecule has 3 nitrogen and oxygen atoms in total. The standard InChI is InChI=1S/C13H26N2O/c1-13(10-14,9-11-3-4-11)15(2)12-5-7-16-8-6-12/h11-12H,3-10,14H2,1-2H3. The molecule has 1 aliphatic heterocycles. The van der Waals surface area contributed by atoms with E-state index in [1.807, 2.05) is 0 Å². The molecule has 1 unspecified atom stereocenters. The Kier molecular flexibility index (Phi) is 3.88. The van der Waals surface area contributed by atoms with Crippen molar-refractivity contribution in [2.45, 2.75) is 50.6 Å². The predicted molar refractivity (Wildman–Crippen MR) is 66.4 cm³/mol. The molecule has 16 heavy (non-hydrogen) atoms. The van der Waals surface area contributed by atoms with Crippen LogP contribution in [0.1, 0.15) is 39.0 Å². The Hall–Kier alpha value is -0.120. The predicted octanol–water partition coefficient (Wildman–Crippen LogP) is 1.61. The van der Waals surface area contributed by atoms with Gasteiger partial charge < -0.3 is 10.5 Å². The molecule has 3 heteroatoms. The minimum atomic E-state index is 0.198. The van der Waals surface area contributed by atoms with E-state index >= 15 is 0 Å². The van der Waals surface area contributed by atoms with Crippen LogP contribution in [0.5, 0.6) is 0 Å². The molecular formula is C13H26N2O. The van der Waals surface area contributed by atoms with E-state index in [1.165, 1.54) is 19.3 Å². The largest absolute Gasteiger partial charge is 0.381 e. The van der Waals surface area contributed by atoms with Crippen molar-refractivity contribution in [1.29, 1.82) is 0 Å². The molecule has 1 heterocycles. The van der Waals surface area contributed by atoms with Gasteiger partial charge in [-0.05, 0) is 39.2 Å². The molecule has 0 aromatic carbocycles. The van der Waals surface area contributed by atoms with Crippen LogP contribution in [0.2, 0.25) is 0 Å². The zero-order valence-electron chi connectivity index (χ0n) is 10.7. The molecule has 0 aromatic heterocycles. The molecule has 2 N–H and O–H groups in total. The van der Waals surface area contributed by atoms with Gasteiger partial charge in [0.1, 0.15) is 0 Å². The summed E-state index contributed by atoms with van der Waals surface area (Å²) < 4.78 is 5.43. The van der Waals surface area contributed by atoms with E-state index in [1.54, 1.807) is 0 Å². The Morgan fingerprint density at radius 2 is 1.88 bits per heavy atom. The number of hydrogen-bond donors (Lipinski definition) is 1. The summed E-state index contributed by atoms with van der Waals surface area (Å²) in [5.41, 5.74) is 6.22. The lowest BCUT2D eigenvalue weighted by Gasteiger charge is -2.44. The fourth-order valence-corrected chi connectivity index (χ4v) is 2.83. The molecule has 1 atom stereocenters. The van der Waals surface area contributed by atoms with Crippen molar-refractivity contribution in [3.8, 4) is 0 Å². The normalized spacial score (nSPS) is 27.0. The Balaban J connectivity index is 1.94. The Labute approximate surface area is 99.3 Å². The van der Waals surface area contributed by atoms with Crippen molar-refractivity contribution < 1.29 is 4.74 Å². The van der Waals surface area contributed by atoms with Crippen molar-refractivity contribution in [2.24, 2.45) is 11.7 Å². The van der Waals surface area contributed by atoms with E-state index in [9.17, 15) is 0 Å². The van der Waals surface area contributed by atoms with Crippen LogP contribution in [-0.4, -0.2) is 43.3 Å². The maximum absolute atomic E-state index is 6.02. The zero-order valence-corrected chi connectivity index (χ0v) is 10.7. The number of ether oxygens (including phenoxy) is 1. The molecule has 2 rings (SSSR count). The van der Waals surface area contributed by atoms with Crippen LogP contribution >= 0.6 is 0 Å². The first-order valence-electron chi connectivity index (χ1n) is 6.66. The van der Waals surface area contributed by atoms with Crippen molar-refractivity contribution >= 4 is 0 Å². The minimum absolute atomic E-state index is 0.198. The van der Waals surface area contributed by atoms with Crippen LogP contribution in [0.4, 0.5) is 0 Å². The molecule has 0 bridgehead atoms. The third kappa shape index (κ3) is 2.76. The Morgan fingerprint density at radius 3 is 2.38 bits per heavy atom. The number of rotatable bonds is 5. The van der Waals surface area contributed by atoms with Crippen LogP contribution < -0.4 is 5.73 Å². The highest BCUT2D eigenvalue weighted by molar-refractivity contribution is 4.94. The summed E-state index contributed by atoms with van der Waals surface area (Å²) in [4.78, 5) is 2.54. The van der Waals surface area contributed by atoms with Gasteiger partial charge in [0.05, 0.1) is 0 Å². The lowest BCUT2D eigenvalue weighted by Crippen LogP contribution is -2.55. The van der Waals surface area contributed by atoms with Gasteiger partial charge in [-0.1, -0.05) is 12.8 Å². The molecule has 94 valence electrons.